The molecule has 3 N–H and O–H groups in total. The van der Waals surface area contributed by atoms with Gasteiger partial charge in [0.05, 0.1) is 21.6 Å². The number of nitrogens with zero attached hydrogens (tertiary/aromatic N) is 1. The third-order valence-corrected chi connectivity index (χ3v) is 6.10. The van der Waals surface area contributed by atoms with Crippen molar-refractivity contribution in [2.75, 3.05) is 10.6 Å². The number of anilines is 2. The number of aromatic nitrogens is 2. The van der Waals surface area contributed by atoms with Gasteiger partial charge in [0.25, 0.3) is 0 Å². The first-order valence-electron chi connectivity index (χ1n) is 8.99. The minimum atomic E-state index is -0.251. The minimum Gasteiger partial charge on any atom is -0.337 e. The zero-order valence-electron chi connectivity index (χ0n) is 15.2. The van der Waals surface area contributed by atoms with Crippen LogP contribution < -0.4 is 10.6 Å². The number of aromatic amines is 1. The van der Waals surface area contributed by atoms with Crippen LogP contribution in [0.5, 0.6) is 0 Å². The van der Waals surface area contributed by atoms with Gasteiger partial charge >= 0.3 is 6.03 Å². The Balaban J connectivity index is 1.31. The zero-order valence-corrected chi connectivity index (χ0v) is 16.8. The summed E-state index contributed by atoms with van der Waals surface area (Å²) in [6, 6.07) is 19.6. The van der Waals surface area contributed by atoms with Crippen LogP contribution in [0.15, 0.2) is 76.8 Å². The molecule has 0 saturated carbocycles. The van der Waals surface area contributed by atoms with Crippen LogP contribution in [0.4, 0.5) is 16.2 Å². The molecule has 5 nitrogen and oxygen atoms in total. The molecule has 0 aliphatic carbocycles. The van der Waals surface area contributed by atoms with Crippen LogP contribution in [0.2, 0.25) is 0 Å². The number of urea groups is 1. The van der Waals surface area contributed by atoms with Gasteiger partial charge < -0.3 is 15.6 Å². The number of hydrogen-bond acceptors (Lipinski definition) is 4. The molecule has 2 aromatic carbocycles. The highest BCUT2D eigenvalue weighted by Crippen LogP contribution is 2.32. The molecule has 0 spiro atoms. The number of amides is 2. The molecule has 0 aliphatic heterocycles. The average molecular weight is 417 g/mol. The van der Waals surface area contributed by atoms with Gasteiger partial charge in [0.15, 0.2) is 0 Å². The Hall–Kier alpha value is -3.42. The van der Waals surface area contributed by atoms with E-state index in [4.69, 9.17) is 0 Å². The van der Waals surface area contributed by atoms with Crippen molar-refractivity contribution >= 4 is 51.1 Å². The van der Waals surface area contributed by atoms with Crippen LogP contribution in [-0.4, -0.2) is 16.0 Å². The van der Waals surface area contributed by atoms with Crippen molar-refractivity contribution in [2.24, 2.45) is 0 Å². The second-order valence-electron chi connectivity index (χ2n) is 6.47. The highest BCUT2D eigenvalue weighted by atomic mass is 32.1. The topological polar surface area (TPSA) is 69.8 Å². The van der Waals surface area contributed by atoms with Crippen molar-refractivity contribution < 1.29 is 4.79 Å². The number of nitrogens with one attached hydrogen (secondary N) is 3. The largest absolute Gasteiger partial charge is 0.337 e. The predicted molar refractivity (Wildman–Crippen MR) is 122 cm³/mol. The Morgan fingerprint density at radius 3 is 2.52 bits per heavy atom. The van der Waals surface area contributed by atoms with Gasteiger partial charge in [-0.15, -0.1) is 11.3 Å². The molecule has 0 radical (unpaired) electrons. The molecular weight excluding hydrogens is 400 g/mol. The lowest BCUT2D eigenvalue weighted by Gasteiger charge is -2.07. The third-order valence-electron chi connectivity index (χ3n) is 4.48. The molecule has 0 saturated heterocycles. The second kappa shape index (κ2) is 7.54. The fourth-order valence-electron chi connectivity index (χ4n) is 3.06. The zero-order chi connectivity index (χ0) is 19.6. The molecule has 3 aromatic heterocycles. The van der Waals surface area contributed by atoms with Gasteiger partial charge in [-0.25, -0.2) is 9.78 Å². The highest BCUT2D eigenvalue weighted by molar-refractivity contribution is 7.14. The molecule has 0 atom stereocenters. The Morgan fingerprint density at radius 1 is 0.897 bits per heavy atom. The fraction of sp³-hybridized carbons (Fsp3) is 0. The molecule has 2 amide bonds. The molecular formula is C22H16N4OS2. The summed E-state index contributed by atoms with van der Waals surface area (Å²) in [6.45, 7) is 0. The van der Waals surface area contributed by atoms with E-state index in [1.54, 1.807) is 22.7 Å². The van der Waals surface area contributed by atoms with Crippen molar-refractivity contribution in [3.05, 3.63) is 76.8 Å². The van der Waals surface area contributed by atoms with E-state index < -0.39 is 0 Å². The smallest absolute Gasteiger partial charge is 0.323 e. The first-order chi connectivity index (χ1) is 14.2. The number of carbonyl (C=O) groups excluding carboxylic acids is 1. The van der Waals surface area contributed by atoms with E-state index in [1.807, 2.05) is 65.4 Å². The molecule has 0 aliphatic rings. The van der Waals surface area contributed by atoms with Crippen LogP contribution >= 0.6 is 22.7 Å². The quantitative estimate of drug-likeness (QED) is 0.306. The minimum absolute atomic E-state index is 0.251. The van der Waals surface area contributed by atoms with Crippen molar-refractivity contribution in [1.29, 1.82) is 0 Å². The lowest BCUT2D eigenvalue weighted by atomic mass is 10.1. The molecule has 0 unspecified atom stereocenters. The highest BCUT2D eigenvalue weighted by Gasteiger charge is 2.09. The standard InChI is InChI=1S/C22H16N4OS2/c27-22(24-17-9-10-28-13-17)23-16-7-5-14(6-8-16)15-11-20(29-12-15)21-25-18-3-1-2-4-19(18)26-21/h1-13H,(H,25,26)(H2,23,24,27). The van der Waals surface area contributed by atoms with Crippen molar-refractivity contribution in [3.8, 4) is 21.8 Å². The molecule has 0 fully saturated rings. The monoisotopic (exact) mass is 416 g/mol. The van der Waals surface area contributed by atoms with E-state index in [0.717, 1.165) is 44.2 Å². The number of thiophene rings is 2. The number of benzene rings is 2. The summed E-state index contributed by atoms with van der Waals surface area (Å²) in [5, 5.41) is 11.6. The van der Waals surface area contributed by atoms with Gasteiger partial charge in [-0.1, -0.05) is 24.3 Å². The normalized spacial score (nSPS) is 10.9. The van der Waals surface area contributed by atoms with Gasteiger partial charge in [-0.3, -0.25) is 0 Å². The van der Waals surface area contributed by atoms with Crippen LogP contribution in [0.3, 0.4) is 0 Å². The SMILES string of the molecule is O=C(Nc1ccc(-c2csc(-c3nc4ccccc4[nH]3)c2)cc1)Nc1ccsc1. The van der Waals surface area contributed by atoms with Crippen molar-refractivity contribution in [1.82, 2.24) is 9.97 Å². The predicted octanol–water partition coefficient (Wildman–Crippen LogP) is 6.66. The van der Waals surface area contributed by atoms with Gasteiger partial charge in [0.2, 0.25) is 0 Å². The first kappa shape index (κ1) is 17.7. The Bertz CT molecular complexity index is 1240. The van der Waals surface area contributed by atoms with E-state index in [-0.39, 0.29) is 6.03 Å². The van der Waals surface area contributed by atoms with E-state index in [9.17, 15) is 4.79 Å². The summed E-state index contributed by atoms with van der Waals surface area (Å²) in [5.41, 5.74) is 5.75. The second-order valence-corrected chi connectivity index (χ2v) is 8.16. The number of fused-ring (bicyclic) bond motifs is 1. The summed E-state index contributed by atoms with van der Waals surface area (Å²) < 4.78 is 0. The summed E-state index contributed by atoms with van der Waals surface area (Å²) in [4.78, 5) is 21.2. The Morgan fingerprint density at radius 2 is 1.72 bits per heavy atom. The van der Waals surface area contributed by atoms with Gasteiger partial charge in [-0.05, 0) is 58.3 Å². The number of hydrogen-bond donors (Lipinski definition) is 3. The summed E-state index contributed by atoms with van der Waals surface area (Å²) in [5.74, 6) is 0.880. The molecule has 3 heterocycles. The third kappa shape index (κ3) is 3.78. The lowest BCUT2D eigenvalue weighted by molar-refractivity contribution is 0.262. The van der Waals surface area contributed by atoms with E-state index in [2.05, 4.69) is 32.0 Å². The van der Waals surface area contributed by atoms with Crippen LogP contribution in [-0.2, 0) is 0 Å². The Kier molecular flexibility index (Phi) is 4.59. The fourth-order valence-corrected chi connectivity index (χ4v) is 4.51. The van der Waals surface area contributed by atoms with Gasteiger partial charge in [0.1, 0.15) is 5.82 Å². The number of H-pyrrole nitrogens is 1. The Labute approximate surface area is 175 Å². The number of para-hydroxylation sites is 2. The maximum absolute atomic E-state index is 12.0. The van der Waals surface area contributed by atoms with E-state index in [1.165, 1.54) is 0 Å². The average Bonchev–Trinajstić information content (AvgIpc) is 3.48. The van der Waals surface area contributed by atoms with Crippen LogP contribution in [0.1, 0.15) is 0 Å². The summed E-state index contributed by atoms with van der Waals surface area (Å²) in [7, 11) is 0. The number of carbonyl (C=O) groups is 1. The lowest BCUT2D eigenvalue weighted by Crippen LogP contribution is -2.18. The molecule has 7 heteroatoms. The van der Waals surface area contributed by atoms with Crippen LogP contribution in [0, 0.1) is 0 Å². The van der Waals surface area contributed by atoms with Gasteiger partial charge in [-0.2, -0.15) is 11.3 Å². The van der Waals surface area contributed by atoms with E-state index >= 15 is 0 Å². The molecule has 142 valence electrons. The van der Waals surface area contributed by atoms with Gasteiger partial charge in [0, 0.05) is 11.1 Å². The molecule has 5 rings (SSSR count). The van der Waals surface area contributed by atoms with Crippen molar-refractivity contribution in [3.63, 3.8) is 0 Å². The van der Waals surface area contributed by atoms with E-state index in [0.29, 0.717) is 0 Å². The number of rotatable bonds is 4. The maximum atomic E-state index is 12.0. The molecule has 0 bridgehead atoms. The van der Waals surface area contributed by atoms with Crippen LogP contribution in [0.25, 0.3) is 32.9 Å². The maximum Gasteiger partial charge on any atom is 0.323 e. The number of imidazole rings is 1. The molecule has 29 heavy (non-hydrogen) atoms. The summed E-state index contributed by atoms with van der Waals surface area (Å²) in [6.07, 6.45) is 0. The summed E-state index contributed by atoms with van der Waals surface area (Å²) >= 11 is 3.20. The van der Waals surface area contributed by atoms with Crippen molar-refractivity contribution in [2.45, 2.75) is 0 Å². The molecule has 5 aromatic rings. The first-order valence-corrected chi connectivity index (χ1v) is 10.8.